The van der Waals surface area contributed by atoms with E-state index >= 15 is 0 Å². The molecule has 2 aromatic rings. The summed E-state index contributed by atoms with van der Waals surface area (Å²) in [6, 6.07) is 13.5. The highest BCUT2D eigenvalue weighted by Crippen LogP contribution is 2.09. The molecule has 11 heteroatoms. The molecule has 0 bridgehead atoms. The summed E-state index contributed by atoms with van der Waals surface area (Å²) in [5.74, 6) is -3.97. The second-order valence-corrected chi connectivity index (χ2v) is 9.22. The number of rotatable bonds is 13. The second kappa shape index (κ2) is 13.9. The molecule has 0 aliphatic carbocycles. The van der Waals surface area contributed by atoms with Gasteiger partial charge in [-0.05, 0) is 30.5 Å². The van der Waals surface area contributed by atoms with Gasteiger partial charge in [0.2, 0.25) is 23.6 Å². The first kappa shape index (κ1) is 28.3. The van der Waals surface area contributed by atoms with Gasteiger partial charge in [-0.2, -0.15) is 0 Å². The molecule has 1 aliphatic heterocycles. The average Bonchev–Trinajstić information content (AvgIpc) is 3.44. The lowest BCUT2D eigenvalue weighted by Crippen LogP contribution is -2.58. The van der Waals surface area contributed by atoms with Gasteiger partial charge in [-0.3, -0.25) is 19.2 Å². The van der Waals surface area contributed by atoms with E-state index in [2.05, 4.69) is 21.3 Å². The zero-order valence-electron chi connectivity index (χ0n) is 20.9. The normalized spacial score (nSPS) is 17.0. The molecular weight excluding hydrogens is 490 g/mol. The van der Waals surface area contributed by atoms with Crippen LogP contribution in [0.5, 0.6) is 0 Å². The van der Waals surface area contributed by atoms with Gasteiger partial charge < -0.3 is 32.1 Å². The van der Waals surface area contributed by atoms with Gasteiger partial charge in [0.15, 0.2) is 0 Å². The maximum absolute atomic E-state index is 13.3. The van der Waals surface area contributed by atoms with Crippen LogP contribution in [-0.4, -0.2) is 65.4 Å². The average molecular weight is 524 g/mol. The molecule has 4 unspecified atom stereocenters. The molecule has 1 saturated heterocycles. The third-order valence-electron chi connectivity index (χ3n) is 6.23. The van der Waals surface area contributed by atoms with Crippen LogP contribution >= 0.6 is 0 Å². The molecule has 3 rings (SSSR count). The predicted molar refractivity (Wildman–Crippen MR) is 139 cm³/mol. The van der Waals surface area contributed by atoms with Crippen LogP contribution in [0.15, 0.2) is 60.7 Å². The fraction of sp³-hybridized carbons (Fsp3) is 0.370. The van der Waals surface area contributed by atoms with Crippen LogP contribution in [-0.2, 0) is 36.8 Å². The van der Waals surface area contributed by atoms with Crippen molar-refractivity contribution in [3.8, 4) is 0 Å². The summed E-state index contributed by atoms with van der Waals surface area (Å²) in [5.41, 5.74) is 6.75. The van der Waals surface area contributed by atoms with Crippen LogP contribution in [0.1, 0.15) is 30.4 Å². The molecule has 2 aromatic carbocycles. The van der Waals surface area contributed by atoms with E-state index in [1.807, 2.05) is 0 Å². The Hall–Kier alpha value is -4.25. The van der Waals surface area contributed by atoms with E-state index in [0.29, 0.717) is 24.1 Å². The zero-order chi connectivity index (χ0) is 27.5. The van der Waals surface area contributed by atoms with Crippen LogP contribution in [0.25, 0.3) is 0 Å². The third-order valence-corrected chi connectivity index (χ3v) is 6.23. The Morgan fingerprint density at radius 1 is 0.816 bits per heavy atom. The highest BCUT2D eigenvalue weighted by Gasteiger charge is 2.32. The fourth-order valence-electron chi connectivity index (χ4n) is 4.24. The Bertz CT molecular complexity index is 1120. The van der Waals surface area contributed by atoms with Gasteiger partial charge in [0.1, 0.15) is 18.1 Å². The van der Waals surface area contributed by atoms with Crippen LogP contribution in [0.3, 0.4) is 0 Å². The van der Waals surface area contributed by atoms with Crippen LogP contribution in [0.4, 0.5) is 0 Å². The van der Waals surface area contributed by atoms with Crippen molar-refractivity contribution in [3.05, 3.63) is 71.8 Å². The lowest BCUT2D eigenvalue weighted by Gasteiger charge is -2.25. The maximum atomic E-state index is 13.3. The molecule has 0 spiro atoms. The number of nitrogens with one attached hydrogen (secondary N) is 4. The third kappa shape index (κ3) is 8.70. The summed E-state index contributed by atoms with van der Waals surface area (Å²) in [7, 11) is 0. The van der Waals surface area contributed by atoms with Crippen LogP contribution in [0, 0.1) is 0 Å². The lowest BCUT2D eigenvalue weighted by molar-refractivity contribution is -0.142. The summed E-state index contributed by atoms with van der Waals surface area (Å²) < 4.78 is 0. The number of carbonyl (C=O) groups excluding carboxylic acids is 4. The van der Waals surface area contributed by atoms with E-state index in [1.54, 1.807) is 60.7 Å². The van der Waals surface area contributed by atoms with Crippen molar-refractivity contribution in [1.82, 2.24) is 21.3 Å². The smallest absolute Gasteiger partial charge is 0.326 e. The predicted octanol–water partition coefficient (Wildman–Crippen LogP) is -0.362. The van der Waals surface area contributed by atoms with Gasteiger partial charge in [0.25, 0.3) is 0 Å². The van der Waals surface area contributed by atoms with Gasteiger partial charge in [-0.15, -0.1) is 0 Å². The molecule has 1 fully saturated rings. The van der Waals surface area contributed by atoms with E-state index < -0.39 is 60.2 Å². The Labute approximate surface area is 220 Å². The number of carboxylic acids is 1. The first-order chi connectivity index (χ1) is 18.2. The Balaban J connectivity index is 1.77. The first-order valence-electron chi connectivity index (χ1n) is 12.5. The standard InChI is InChI=1S/C27H33N5O6/c28-23(33)16-21(31-24(34)19-12-7-13-29-19)26(36)30-20(14-17-8-3-1-4-9-17)25(35)32-22(27(37)38)15-18-10-5-2-6-11-18/h1-6,8-11,19-22,29H,7,12-16H2,(H2,28,33)(H,30,36)(H,31,34)(H,32,35)(H,37,38). The van der Waals surface area contributed by atoms with E-state index in [0.717, 1.165) is 6.42 Å². The number of benzene rings is 2. The highest BCUT2D eigenvalue weighted by atomic mass is 16.4. The summed E-state index contributed by atoms with van der Waals surface area (Å²) >= 11 is 0. The van der Waals surface area contributed by atoms with E-state index in [4.69, 9.17) is 5.73 Å². The van der Waals surface area contributed by atoms with Crippen molar-refractivity contribution in [2.24, 2.45) is 5.73 Å². The van der Waals surface area contributed by atoms with Crippen molar-refractivity contribution < 1.29 is 29.1 Å². The molecule has 0 saturated carbocycles. The summed E-state index contributed by atoms with van der Waals surface area (Å²) in [6.45, 7) is 0.664. The van der Waals surface area contributed by atoms with Crippen LogP contribution in [0.2, 0.25) is 0 Å². The molecule has 1 heterocycles. The largest absolute Gasteiger partial charge is 0.480 e. The first-order valence-corrected chi connectivity index (χ1v) is 12.5. The molecule has 4 amide bonds. The molecule has 11 nitrogen and oxygen atoms in total. The van der Waals surface area contributed by atoms with Crippen molar-refractivity contribution in [3.63, 3.8) is 0 Å². The van der Waals surface area contributed by atoms with E-state index in [9.17, 15) is 29.1 Å². The quantitative estimate of drug-likeness (QED) is 0.207. The Morgan fingerprint density at radius 2 is 1.34 bits per heavy atom. The number of aliphatic carboxylic acids is 1. The number of primary amides is 1. The maximum Gasteiger partial charge on any atom is 0.326 e. The van der Waals surface area contributed by atoms with Crippen LogP contribution < -0.4 is 27.0 Å². The summed E-state index contributed by atoms with van der Waals surface area (Å²) in [4.78, 5) is 62.6. The monoisotopic (exact) mass is 523 g/mol. The van der Waals surface area contributed by atoms with Gasteiger partial charge >= 0.3 is 5.97 Å². The second-order valence-electron chi connectivity index (χ2n) is 9.22. The molecule has 202 valence electrons. The SMILES string of the molecule is NC(=O)CC(NC(=O)C1CCCN1)C(=O)NC(Cc1ccccc1)C(=O)NC(Cc1ccccc1)C(=O)O. The van der Waals surface area contributed by atoms with Crippen molar-refractivity contribution in [2.45, 2.75) is 56.3 Å². The molecule has 0 aromatic heterocycles. The van der Waals surface area contributed by atoms with Gasteiger partial charge in [-0.25, -0.2) is 4.79 Å². The zero-order valence-corrected chi connectivity index (χ0v) is 20.9. The van der Waals surface area contributed by atoms with Gasteiger partial charge in [0.05, 0.1) is 12.5 Å². The van der Waals surface area contributed by atoms with Crippen molar-refractivity contribution in [2.75, 3.05) is 6.54 Å². The molecule has 7 N–H and O–H groups in total. The minimum atomic E-state index is -1.30. The number of nitrogens with two attached hydrogens (primary N) is 1. The lowest BCUT2D eigenvalue weighted by atomic mass is 10.0. The Morgan fingerprint density at radius 3 is 1.84 bits per heavy atom. The van der Waals surface area contributed by atoms with E-state index in [1.165, 1.54) is 0 Å². The summed E-state index contributed by atoms with van der Waals surface area (Å²) in [6.07, 6.45) is 1.03. The number of amides is 4. The fourth-order valence-corrected chi connectivity index (χ4v) is 4.24. The Kier molecular flexibility index (Phi) is 10.4. The molecule has 1 aliphatic rings. The number of carbonyl (C=O) groups is 5. The number of carboxylic acid groups (broad SMARTS) is 1. The molecular formula is C27H33N5O6. The number of hydrogen-bond donors (Lipinski definition) is 6. The van der Waals surface area contributed by atoms with E-state index in [-0.39, 0.29) is 12.8 Å². The topological polar surface area (TPSA) is 180 Å². The van der Waals surface area contributed by atoms with Gasteiger partial charge in [-0.1, -0.05) is 60.7 Å². The number of hydrogen-bond acceptors (Lipinski definition) is 6. The minimum absolute atomic E-state index is 0.0443. The van der Waals surface area contributed by atoms with Crippen molar-refractivity contribution in [1.29, 1.82) is 0 Å². The molecule has 4 atom stereocenters. The molecule has 38 heavy (non-hydrogen) atoms. The van der Waals surface area contributed by atoms with Gasteiger partial charge in [0, 0.05) is 12.8 Å². The highest BCUT2D eigenvalue weighted by molar-refractivity contribution is 5.96. The minimum Gasteiger partial charge on any atom is -0.480 e. The summed E-state index contributed by atoms with van der Waals surface area (Å²) in [5, 5.41) is 20.4. The van der Waals surface area contributed by atoms with Crippen molar-refractivity contribution >= 4 is 29.6 Å². The molecule has 0 radical (unpaired) electrons.